The molecule has 0 aliphatic carbocycles. The number of carbonyl (C=O) groups excluding carboxylic acids is 1. The highest BCUT2D eigenvalue weighted by atomic mass is 19.1. The fraction of sp³-hybridized carbons (Fsp3) is 0.350. The van der Waals surface area contributed by atoms with Crippen molar-refractivity contribution in [3.63, 3.8) is 0 Å². The predicted molar refractivity (Wildman–Crippen MR) is 95.0 cm³/mol. The third-order valence-electron chi connectivity index (χ3n) is 5.15. The summed E-state index contributed by atoms with van der Waals surface area (Å²) in [4.78, 5) is 16.7. The van der Waals surface area contributed by atoms with E-state index in [-0.39, 0.29) is 18.1 Å². The lowest BCUT2D eigenvalue weighted by molar-refractivity contribution is 0.0682. The summed E-state index contributed by atoms with van der Waals surface area (Å²) in [6.07, 6.45) is -0.176. The summed E-state index contributed by atoms with van der Waals surface area (Å²) in [5.74, 6) is 0.637. The van der Waals surface area contributed by atoms with E-state index in [1.54, 1.807) is 19.1 Å². The minimum absolute atomic E-state index is 0.0591. The Morgan fingerprint density at radius 1 is 1.19 bits per heavy atom. The molecule has 2 aliphatic rings. The molecule has 2 aliphatic heterocycles. The number of fused-ring (bicyclic) bond motifs is 2. The van der Waals surface area contributed by atoms with Crippen LogP contribution in [0.4, 0.5) is 4.39 Å². The third kappa shape index (κ3) is 3.01. The molecule has 0 radical (unpaired) electrons. The van der Waals surface area contributed by atoms with Crippen LogP contribution in [0.5, 0.6) is 11.5 Å². The van der Waals surface area contributed by atoms with E-state index < -0.39 is 5.82 Å². The lowest BCUT2D eigenvalue weighted by Crippen LogP contribution is -2.44. The number of likely N-dealkylation sites (tertiary alicyclic amines) is 1. The summed E-state index contributed by atoms with van der Waals surface area (Å²) < 4.78 is 24.8. The number of halogens is 1. The number of likely N-dealkylation sites (N-methyl/N-ethyl adjacent to an activating group) is 1. The molecule has 0 aromatic heterocycles. The van der Waals surface area contributed by atoms with Crippen molar-refractivity contribution in [3.8, 4) is 11.5 Å². The van der Waals surface area contributed by atoms with Gasteiger partial charge in [0, 0.05) is 32.7 Å². The van der Waals surface area contributed by atoms with Crippen molar-refractivity contribution in [2.45, 2.75) is 18.7 Å². The number of nitrogens with zero attached hydrogens (tertiary/aromatic N) is 2. The van der Waals surface area contributed by atoms with E-state index in [4.69, 9.17) is 9.47 Å². The van der Waals surface area contributed by atoms with Gasteiger partial charge >= 0.3 is 0 Å². The van der Waals surface area contributed by atoms with Crippen molar-refractivity contribution >= 4 is 5.91 Å². The Bertz CT molecular complexity index is 824. The Hall–Kier alpha value is -2.60. The lowest BCUT2D eigenvalue weighted by atomic mass is 10.1. The van der Waals surface area contributed by atoms with Gasteiger partial charge in [0.05, 0.1) is 18.7 Å². The van der Waals surface area contributed by atoms with Crippen LogP contribution in [-0.4, -0.2) is 55.1 Å². The monoisotopic (exact) mass is 356 g/mol. The number of amides is 1. The Labute approximate surface area is 151 Å². The van der Waals surface area contributed by atoms with E-state index in [9.17, 15) is 9.18 Å². The zero-order valence-electron chi connectivity index (χ0n) is 14.8. The number of carbonyl (C=O) groups is 1. The fourth-order valence-corrected chi connectivity index (χ4v) is 3.71. The molecular weight excluding hydrogens is 335 g/mol. The molecule has 6 heteroatoms. The molecule has 0 bridgehead atoms. The van der Waals surface area contributed by atoms with Gasteiger partial charge in [-0.1, -0.05) is 12.1 Å². The van der Waals surface area contributed by atoms with Gasteiger partial charge in [0.15, 0.2) is 0 Å². The second kappa shape index (κ2) is 6.61. The topological polar surface area (TPSA) is 42.0 Å². The summed E-state index contributed by atoms with van der Waals surface area (Å²) in [6.45, 7) is 2.16. The SMILES string of the molecule is COc1ccc(CN2C[C@@H]3Oc4cc(F)ccc4C(=O)N(C)[C@@H]3C2)cc1. The van der Waals surface area contributed by atoms with Crippen molar-refractivity contribution in [1.29, 1.82) is 0 Å². The number of benzene rings is 2. The molecule has 0 saturated carbocycles. The normalized spacial score (nSPS) is 22.4. The van der Waals surface area contributed by atoms with Crippen LogP contribution in [0.2, 0.25) is 0 Å². The number of ether oxygens (including phenoxy) is 2. The van der Waals surface area contributed by atoms with Gasteiger partial charge in [0.1, 0.15) is 23.4 Å². The van der Waals surface area contributed by atoms with Crippen molar-refractivity contribution in [2.75, 3.05) is 27.2 Å². The molecule has 0 N–H and O–H groups in total. The highest BCUT2D eigenvalue weighted by Gasteiger charge is 2.42. The fourth-order valence-electron chi connectivity index (χ4n) is 3.71. The van der Waals surface area contributed by atoms with Gasteiger partial charge in [0.25, 0.3) is 5.91 Å². The van der Waals surface area contributed by atoms with Gasteiger partial charge in [-0.05, 0) is 29.8 Å². The van der Waals surface area contributed by atoms with Crippen molar-refractivity contribution in [2.24, 2.45) is 0 Å². The number of hydrogen-bond acceptors (Lipinski definition) is 4. The molecular formula is C20H21FN2O3. The van der Waals surface area contributed by atoms with E-state index in [1.807, 2.05) is 24.3 Å². The third-order valence-corrected chi connectivity index (χ3v) is 5.15. The molecule has 1 saturated heterocycles. The van der Waals surface area contributed by atoms with Crippen molar-refractivity contribution in [3.05, 3.63) is 59.4 Å². The molecule has 4 rings (SSSR count). The van der Waals surface area contributed by atoms with Crippen LogP contribution < -0.4 is 9.47 Å². The summed E-state index contributed by atoms with van der Waals surface area (Å²) in [5.41, 5.74) is 1.59. The van der Waals surface area contributed by atoms with E-state index in [0.717, 1.165) is 18.8 Å². The van der Waals surface area contributed by atoms with E-state index in [2.05, 4.69) is 4.90 Å². The molecule has 2 aromatic carbocycles. The first kappa shape index (κ1) is 16.8. The number of methoxy groups -OCH3 is 1. The molecule has 2 atom stereocenters. The Balaban J connectivity index is 1.53. The van der Waals surface area contributed by atoms with Crippen LogP contribution >= 0.6 is 0 Å². The Kier molecular flexibility index (Phi) is 4.28. The van der Waals surface area contributed by atoms with Gasteiger partial charge in [-0.3, -0.25) is 9.69 Å². The summed E-state index contributed by atoms with van der Waals surface area (Å²) >= 11 is 0. The van der Waals surface area contributed by atoms with Crippen molar-refractivity contribution < 1.29 is 18.7 Å². The number of rotatable bonds is 3. The van der Waals surface area contributed by atoms with Crippen LogP contribution in [0.15, 0.2) is 42.5 Å². The Morgan fingerprint density at radius 3 is 2.69 bits per heavy atom. The molecule has 2 heterocycles. The predicted octanol–water partition coefficient (Wildman–Crippen LogP) is 2.55. The van der Waals surface area contributed by atoms with Gasteiger partial charge < -0.3 is 14.4 Å². The maximum atomic E-state index is 13.6. The van der Waals surface area contributed by atoms with Crippen LogP contribution in [0.1, 0.15) is 15.9 Å². The average Bonchev–Trinajstić information content (AvgIpc) is 3.00. The maximum absolute atomic E-state index is 13.6. The first-order chi connectivity index (χ1) is 12.5. The minimum Gasteiger partial charge on any atom is -0.497 e. The zero-order valence-corrected chi connectivity index (χ0v) is 14.8. The van der Waals surface area contributed by atoms with Crippen molar-refractivity contribution in [1.82, 2.24) is 9.80 Å². The quantitative estimate of drug-likeness (QED) is 0.848. The van der Waals surface area contributed by atoms with E-state index in [1.165, 1.54) is 23.8 Å². The molecule has 0 spiro atoms. The second-order valence-corrected chi connectivity index (χ2v) is 6.82. The highest BCUT2D eigenvalue weighted by molar-refractivity contribution is 5.97. The summed E-state index contributed by atoms with van der Waals surface area (Å²) in [5, 5.41) is 0. The summed E-state index contributed by atoms with van der Waals surface area (Å²) in [6, 6.07) is 12.0. The van der Waals surface area contributed by atoms with Crippen LogP contribution in [0.25, 0.3) is 0 Å². The molecule has 26 heavy (non-hydrogen) atoms. The highest BCUT2D eigenvalue weighted by Crippen LogP contribution is 2.31. The standard InChI is InChI=1S/C20H21FN2O3/c1-22-17-11-23(10-13-3-6-15(25-2)7-4-13)12-19(17)26-18-9-14(21)5-8-16(18)20(22)24/h3-9,17,19H,10-12H2,1-2H3/t17-,19+/m1/s1. The average molecular weight is 356 g/mol. The first-order valence-electron chi connectivity index (χ1n) is 8.64. The lowest BCUT2D eigenvalue weighted by Gasteiger charge is -2.25. The van der Waals surface area contributed by atoms with E-state index >= 15 is 0 Å². The Morgan fingerprint density at radius 2 is 1.96 bits per heavy atom. The molecule has 5 nitrogen and oxygen atoms in total. The van der Waals surface area contributed by atoms with Gasteiger partial charge in [0.2, 0.25) is 0 Å². The maximum Gasteiger partial charge on any atom is 0.257 e. The van der Waals surface area contributed by atoms with Crippen LogP contribution in [-0.2, 0) is 6.54 Å². The molecule has 136 valence electrons. The molecule has 0 unspecified atom stereocenters. The molecule has 2 aromatic rings. The first-order valence-corrected chi connectivity index (χ1v) is 8.64. The largest absolute Gasteiger partial charge is 0.497 e. The van der Waals surface area contributed by atoms with Crippen LogP contribution in [0.3, 0.4) is 0 Å². The summed E-state index contributed by atoms with van der Waals surface area (Å²) in [7, 11) is 3.44. The number of hydrogen-bond donors (Lipinski definition) is 0. The zero-order chi connectivity index (χ0) is 18.3. The van der Waals surface area contributed by atoms with E-state index in [0.29, 0.717) is 17.9 Å². The van der Waals surface area contributed by atoms with Gasteiger partial charge in [-0.2, -0.15) is 0 Å². The second-order valence-electron chi connectivity index (χ2n) is 6.82. The van der Waals surface area contributed by atoms with Gasteiger partial charge in [-0.15, -0.1) is 0 Å². The smallest absolute Gasteiger partial charge is 0.257 e. The van der Waals surface area contributed by atoms with Crippen LogP contribution in [0, 0.1) is 5.82 Å². The van der Waals surface area contributed by atoms with Gasteiger partial charge in [-0.25, -0.2) is 4.39 Å². The molecule has 1 fully saturated rings. The molecule has 1 amide bonds. The minimum atomic E-state index is -0.397.